The predicted octanol–water partition coefficient (Wildman–Crippen LogP) is 5.70. The van der Waals surface area contributed by atoms with E-state index in [2.05, 4.69) is 30.3 Å². The normalized spacial score (nSPS) is 14.7. The molecule has 1 unspecified atom stereocenters. The molecule has 1 aliphatic heterocycles. The first kappa shape index (κ1) is 27.7. The van der Waals surface area contributed by atoms with Gasteiger partial charge in [0.2, 0.25) is 12.9 Å². The second-order valence-electron chi connectivity index (χ2n) is 8.71. The van der Waals surface area contributed by atoms with E-state index in [-0.39, 0.29) is 29.5 Å². The number of pyridine rings is 2. The Morgan fingerprint density at radius 2 is 1.85 bits per heavy atom. The van der Waals surface area contributed by atoms with Crippen molar-refractivity contribution in [3.8, 4) is 22.5 Å². The van der Waals surface area contributed by atoms with Crippen molar-refractivity contribution in [2.75, 3.05) is 42.6 Å². The Morgan fingerprint density at radius 3 is 2.49 bits per heavy atom. The summed E-state index contributed by atoms with van der Waals surface area (Å²) in [5.41, 5.74) is 6.78. The molecule has 0 bridgehead atoms. The summed E-state index contributed by atoms with van der Waals surface area (Å²) < 4.78 is 63.0. The number of benzene rings is 1. The summed E-state index contributed by atoms with van der Waals surface area (Å²) in [5.74, 6) is 0.0719. The van der Waals surface area contributed by atoms with Crippen molar-refractivity contribution in [2.24, 2.45) is 5.92 Å². The van der Waals surface area contributed by atoms with Crippen LogP contribution in [0, 0.1) is 17.6 Å². The van der Waals surface area contributed by atoms with E-state index < -0.39 is 18.6 Å². The van der Waals surface area contributed by atoms with Crippen LogP contribution in [0.5, 0.6) is 0 Å². The van der Waals surface area contributed by atoms with E-state index >= 15 is 0 Å². The molecule has 1 atom stereocenters. The number of hydrogen-bond acceptors (Lipinski definition) is 7. The fourth-order valence-electron chi connectivity index (χ4n) is 4.26. The van der Waals surface area contributed by atoms with Crippen molar-refractivity contribution >= 4 is 23.3 Å². The minimum Gasteiger partial charge on any atom is -0.381 e. The Hall–Kier alpha value is -4.29. The molecule has 13 heteroatoms. The van der Waals surface area contributed by atoms with Crippen LogP contribution in [0.1, 0.15) is 13.3 Å². The zero-order valence-electron chi connectivity index (χ0n) is 21.1. The molecule has 4 heterocycles. The van der Waals surface area contributed by atoms with Gasteiger partial charge in [0.05, 0.1) is 6.67 Å². The first-order chi connectivity index (χ1) is 18.9. The molecule has 1 fully saturated rings. The number of nitrogens with two attached hydrogens (primary N) is 1. The molecule has 206 valence electrons. The number of rotatable bonds is 7. The quantitative estimate of drug-likeness (QED) is 0.287. The molecule has 0 amide bonds. The molecule has 3 aromatic heterocycles. The van der Waals surface area contributed by atoms with Gasteiger partial charge in [-0.25, -0.2) is 32.2 Å². The molecule has 0 aliphatic carbocycles. The average molecular weight is 547 g/mol. The van der Waals surface area contributed by atoms with Crippen molar-refractivity contribution in [2.45, 2.75) is 19.9 Å². The molecule has 39 heavy (non-hydrogen) atoms. The SMILES string of the molecule is CCn1nc(-c2ccc(N3CCC(CF)C3)nc2)nc1Nc1ccc(-c2ccnc(N)c2F)c(F)c1.FCF. The highest BCUT2D eigenvalue weighted by Gasteiger charge is 2.23. The van der Waals surface area contributed by atoms with Crippen molar-refractivity contribution < 1.29 is 22.0 Å². The molecule has 1 aliphatic rings. The lowest BCUT2D eigenvalue weighted by atomic mass is 10.1. The van der Waals surface area contributed by atoms with Crippen molar-refractivity contribution in [3.63, 3.8) is 0 Å². The maximum atomic E-state index is 14.9. The van der Waals surface area contributed by atoms with Crippen LogP contribution in [-0.4, -0.2) is 51.4 Å². The van der Waals surface area contributed by atoms with Crippen LogP contribution in [0.25, 0.3) is 22.5 Å². The molecule has 4 aromatic rings. The summed E-state index contributed by atoms with van der Waals surface area (Å²) in [7, 11) is 0. The Balaban J connectivity index is 0.00000112. The first-order valence-electron chi connectivity index (χ1n) is 12.2. The van der Waals surface area contributed by atoms with Gasteiger partial charge in [-0.2, -0.15) is 4.98 Å². The number of nitrogen functional groups attached to an aromatic ring is 1. The van der Waals surface area contributed by atoms with Gasteiger partial charge in [0.1, 0.15) is 11.6 Å². The van der Waals surface area contributed by atoms with Crippen LogP contribution in [-0.2, 0) is 6.54 Å². The average Bonchev–Trinajstić information content (AvgIpc) is 3.58. The number of halogens is 5. The van der Waals surface area contributed by atoms with Gasteiger partial charge in [0.15, 0.2) is 17.5 Å². The van der Waals surface area contributed by atoms with E-state index in [0.29, 0.717) is 30.5 Å². The van der Waals surface area contributed by atoms with Crippen LogP contribution >= 0.6 is 0 Å². The van der Waals surface area contributed by atoms with Crippen LogP contribution in [0.4, 0.5) is 45.2 Å². The van der Waals surface area contributed by atoms with Gasteiger partial charge in [-0.1, -0.05) is 0 Å². The highest BCUT2D eigenvalue weighted by molar-refractivity contribution is 5.70. The fourth-order valence-corrected chi connectivity index (χ4v) is 4.26. The highest BCUT2D eigenvalue weighted by Crippen LogP contribution is 2.30. The second kappa shape index (κ2) is 12.5. The van der Waals surface area contributed by atoms with Gasteiger partial charge in [-0.15, -0.1) is 5.10 Å². The van der Waals surface area contributed by atoms with Crippen molar-refractivity contribution in [1.82, 2.24) is 24.7 Å². The summed E-state index contributed by atoms with van der Waals surface area (Å²) in [5, 5.41) is 7.61. The van der Waals surface area contributed by atoms with Gasteiger partial charge in [-0.05, 0) is 49.7 Å². The van der Waals surface area contributed by atoms with Crippen molar-refractivity contribution in [1.29, 1.82) is 0 Å². The summed E-state index contributed by atoms with van der Waals surface area (Å²) in [6, 6.07) is 9.50. The number of alkyl halides is 3. The third-order valence-electron chi connectivity index (χ3n) is 6.24. The number of aryl methyl sites for hydroxylation is 1. The third-order valence-corrected chi connectivity index (χ3v) is 6.24. The molecule has 8 nitrogen and oxygen atoms in total. The van der Waals surface area contributed by atoms with Crippen LogP contribution in [0.3, 0.4) is 0 Å². The van der Waals surface area contributed by atoms with E-state index in [9.17, 15) is 22.0 Å². The lowest BCUT2D eigenvalue weighted by Crippen LogP contribution is -2.21. The maximum Gasteiger partial charge on any atom is 0.229 e. The van der Waals surface area contributed by atoms with E-state index in [1.165, 1.54) is 24.4 Å². The van der Waals surface area contributed by atoms with E-state index in [1.54, 1.807) is 16.9 Å². The van der Waals surface area contributed by atoms with Crippen LogP contribution < -0.4 is 16.0 Å². The molecule has 3 N–H and O–H groups in total. The molecular formula is C26H27F5N8. The molecule has 0 saturated carbocycles. The number of aromatic nitrogens is 5. The molecular weight excluding hydrogens is 519 g/mol. The Bertz CT molecular complexity index is 1400. The van der Waals surface area contributed by atoms with E-state index in [0.717, 1.165) is 24.3 Å². The molecule has 1 saturated heterocycles. The Labute approximate surface area is 221 Å². The summed E-state index contributed by atoms with van der Waals surface area (Å²) >= 11 is 0. The van der Waals surface area contributed by atoms with E-state index in [1.807, 2.05) is 19.1 Å². The van der Waals surface area contributed by atoms with Crippen LogP contribution in [0.15, 0.2) is 48.8 Å². The first-order valence-corrected chi connectivity index (χ1v) is 12.2. The predicted molar refractivity (Wildman–Crippen MR) is 140 cm³/mol. The van der Waals surface area contributed by atoms with Gasteiger partial charge >= 0.3 is 0 Å². The maximum absolute atomic E-state index is 14.9. The fraction of sp³-hybridized carbons (Fsp3) is 0.308. The Morgan fingerprint density at radius 1 is 1.05 bits per heavy atom. The zero-order chi connectivity index (χ0) is 27.9. The molecule has 0 spiro atoms. The highest BCUT2D eigenvalue weighted by atomic mass is 19.3. The van der Waals surface area contributed by atoms with Gasteiger partial charge < -0.3 is 16.0 Å². The summed E-state index contributed by atoms with van der Waals surface area (Å²) in [6.07, 6.45) is 3.85. The molecule has 5 rings (SSSR count). The molecule has 1 aromatic carbocycles. The topological polar surface area (TPSA) is 97.8 Å². The van der Waals surface area contributed by atoms with E-state index in [4.69, 9.17) is 5.73 Å². The molecule has 0 radical (unpaired) electrons. The van der Waals surface area contributed by atoms with Gasteiger partial charge in [0, 0.05) is 60.3 Å². The summed E-state index contributed by atoms with van der Waals surface area (Å²) in [4.78, 5) is 14.8. The second-order valence-corrected chi connectivity index (χ2v) is 8.71. The largest absolute Gasteiger partial charge is 0.381 e. The number of hydrogen-bond donors (Lipinski definition) is 2. The number of anilines is 4. The zero-order valence-corrected chi connectivity index (χ0v) is 21.1. The lowest BCUT2D eigenvalue weighted by molar-refractivity contribution is 0.295. The van der Waals surface area contributed by atoms with Crippen LogP contribution in [0.2, 0.25) is 0 Å². The third kappa shape index (κ3) is 6.24. The standard InChI is InChI=1S/C25H25F3N8.CH2F2/c1-2-36-25(32-17-4-5-18(20(27)11-17)19-7-9-30-23(29)22(19)28)33-24(34-36)16-3-6-21(31-13-16)35-10-8-15(12-26)14-35;2-1-3/h3-7,9,11,13,15H,2,8,10,12,14H2,1H3,(H2,29,30)(H,32,33,34);1H2. The van der Waals surface area contributed by atoms with Crippen molar-refractivity contribution in [3.05, 3.63) is 60.4 Å². The van der Waals surface area contributed by atoms with Gasteiger partial charge in [0.25, 0.3) is 0 Å². The summed E-state index contributed by atoms with van der Waals surface area (Å²) in [6.45, 7) is 1.83. The number of nitrogens with one attached hydrogen (secondary N) is 1. The number of nitrogens with zero attached hydrogens (tertiary/aromatic N) is 6. The lowest BCUT2D eigenvalue weighted by Gasteiger charge is -2.16. The van der Waals surface area contributed by atoms with Gasteiger partial charge in [-0.3, -0.25) is 4.39 Å². The Kier molecular flexibility index (Phi) is 8.89. The monoisotopic (exact) mass is 546 g/mol. The smallest absolute Gasteiger partial charge is 0.229 e. The minimum atomic E-state index is -1.75. The minimum absolute atomic E-state index is 0.0376.